The Hall–Kier alpha value is -0.150. The van der Waals surface area contributed by atoms with Gasteiger partial charge in [-0.2, -0.15) is 0 Å². The maximum absolute atomic E-state index is 13.1. The van der Waals surface area contributed by atoms with E-state index in [9.17, 15) is 4.79 Å². The Morgan fingerprint density at radius 1 is 1.21 bits per heavy atom. The number of ketones is 1. The fourth-order valence-corrected chi connectivity index (χ4v) is 6.82. The van der Waals surface area contributed by atoms with Crippen molar-refractivity contribution >= 4 is 33.0 Å². The third-order valence-corrected chi connectivity index (χ3v) is 7.74. The predicted octanol–water partition coefficient (Wildman–Crippen LogP) is 5.22. The van der Waals surface area contributed by atoms with Gasteiger partial charge < -0.3 is 0 Å². The lowest BCUT2D eigenvalue weighted by Crippen LogP contribution is -2.49. The monoisotopic (exact) mass is 338 g/mol. The van der Waals surface area contributed by atoms with E-state index in [1.165, 1.54) is 43.4 Å². The highest BCUT2D eigenvalue weighted by Crippen LogP contribution is 2.61. The molecule has 19 heavy (non-hydrogen) atoms. The molecule has 1 heterocycles. The van der Waals surface area contributed by atoms with Crippen molar-refractivity contribution in [3.63, 3.8) is 0 Å². The number of carbonyl (C=O) groups excluding carboxylic acids is 1. The molecular weight excluding hydrogens is 320 g/mol. The van der Waals surface area contributed by atoms with Crippen LogP contribution >= 0.6 is 27.3 Å². The molecule has 0 radical (unpaired) electrons. The number of thiophene rings is 1. The topological polar surface area (TPSA) is 17.1 Å². The van der Waals surface area contributed by atoms with Crippen molar-refractivity contribution < 1.29 is 4.79 Å². The second kappa shape index (κ2) is 4.17. The van der Waals surface area contributed by atoms with Gasteiger partial charge in [-0.25, -0.2) is 0 Å². The number of rotatable bonds is 2. The summed E-state index contributed by atoms with van der Waals surface area (Å²) in [6.07, 6.45) is 7.73. The standard InChI is InChI=1S/C16H19BrOS/c1-9-13(17)5-14(19-9)15(18)16-6-10-2-11(7-16)4-12(3-10)8-16/h5,10-12H,2-4,6-8H2,1H3. The van der Waals surface area contributed by atoms with Gasteiger partial charge in [-0.1, -0.05) is 0 Å². The molecule has 0 aromatic carbocycles. The smallest absolute Gasteiger partial charge is 0.178 e. The zero-order valence-corrected chi connectivity index (χ0v) is 13.6. The molecule has 0 saturated heterocycles. The molecule has 0 aliphatic heterocycles. The second-order valence-electron chi connectivity index (χ2n) is 7.04. The van der Waals surface area contributed by atoms with Gasteiger partial charge in [0.25, 0.3) is 0 Å². The molecule has 5 rings (SSSR count). The van der Waals surface area contributed by atoms with Crippen molar-refractivity contribution in [1.29, 1.82) is 0 Å². The van der Waals surface area contributed by atoms with Crippen molar-refractivity contribution in [3.8, 4) is 0 Å². The van der Waals surface area contributed by atoms with Gasteiger partial charge in [0.2, 0.25) is 0 Å². The van der Waals surface area contributed by atoms with Gasteiger partial charge in [-0.3, -0.25) is 4.79 Å². The Morgan fingerprint density at radius 3 is 2.16 bits per heavy atom. The average molecular weight is 339 g/mol. The second-order valence-corrected chi connectivity index (χ2v) is 9.15. The Morgan fingerprint density at radius 2 is 1.74 bits per heavy atom. The van der Waals surface area contributed by atoms with Crippen molar-refractivity contribution in [1.82, 2.24) is 0 Å². The van der Waals surface area contributed by atoms with Crippen LogP contribution in [0.1, 0.15) is 53.1 Å². The molecule has 4 aliphatic rings. The minimum absolute atomic E-state index is 0.0193. The molecule has 0 unspecified atom stereocenters. The average Bonchev–Trinajstić information content (AvgIpc) is 2.67. The molecule has 4 fully saturated rings. The quantitative estimate of drug-likeness (QED) is 0.675. The third kappa shape index (κ3) is 1.88. The van der Waals surface area contributed by atoms with Crippen molar-refractivity contribution in [2.24, 2.45) is 23.2 Å². The Balaban J connectivity index is 1.69. The van der Waals surface area contributed by atoms with Gasteiger partial charge >= 0.3 is 0 Å². The van der Waals surface area contributed by atoms with E-state index in [-0.39, 0.29) is 5.41 Å². The van der Waals surface area contributed by atoms with Crippen LogP contribution in [-0.2, 0) is 0 Å². The van der Waals surface area contributed by atoms with Crippen molar-refractivity contribution in [3.05, 3.63) is 20.3 Å². The third-order valence-electron chi connectivity index (χ3n) is 5.60. The summed E-state index contributed by atoms with van der Waals surface area (Å²) in [6.45, 7) is 2.09. The summed E-state index contributed by atoms with van der Waals surface area (Å²) in [6, 6.07) is 2.06. The fraction of sp³-hybridized carbons (Fsp3) is 0.688. The summed E-state index contributed by atoms with van der Waals surface area (Å²) >= 11 is 5.23. The molecule has 0 N–H and O–H groups in total. The molecule has 4 saturated carbocycles. The van der Waals surface area contributed by atoms with Crippen molar-refractivity contribution in [2.75, 3.05) is 0 Å². The van der Waals surface area contributed by atoms with E-state index in [0.29, 0.717) is 5.78 Å². The lowest BCUT2D eigenvalue weighted by Gasteiger charge is -2.55. The first-order valence-corrected chi connectivity index (χ1v) is 8.97. The molecule has 4 bridgehead atoms. The predicted molar refractivity (Wildman–Crippen MR) is 81.7 cm³/mol. The molecule has 3 heteroatoms. The summed E-state index contributed by atoms with van der Waals surface area (Å²) in [4.78, 5) is 15.3. The molecule has 0 spiro atoms. The van der Waals surface area contributed by atoms with Crippen LogP contribution < -0.4 is 0 Å². The Kier molecular flexibility index (Phi) is 2.76. The lowest BCUT2D eigenvalue weighted by atomic mass is 9.48. The minimum Gasteiger partial charge on any atom is -0.293 e. The Labute approximate surface area is 126 Å². The first-order valence-electron chi connectivity index (χ1n) is 7.36. The van der Waals surface area contributed by atoms with E-state index in [4.69, 9.17) is 0 Å². The van der Waals surface area contributed by atoms with E-state index in [2.05, 4.69) is 28.9 Å². The maximum atomic E-state index is 13.1. The van der Waals surface area contributed by atoms with Crippen molar-refractivity contribution in [2.45, 2.75) is 45.4 Å². The summed E-state index contributed by atoms with van der Waals surface area (Å²) in [5.41, 5.74) is 0.0193. The molecular formula is C16H19BrOS. The van der Waals surface area contributed by atoms with Crippen LogP contribution in [0.15, 0.2) is 10.5 Å². The van der Waals surface area contributed by atoms with Crippen LogP contribution in [0.4, 0.5) is 0 Å². The largest absolute Gasteiger partial charge is 0.293 e. The molecule has 0 atom stereocenters. The van der Waals surface area contributed by atoms with Gasteiger partial charge in [0.15, 0.2) is 5.78 Å². The zero-order valence-electron chi connectivity index (χ0n) is 11.2. The normalized spacial score (nSPS) is 39.8. The maximum Gasteiger partial charge on any atom is 0.178 e. The van der Waals surface area contributed by atoms with Crippen LogP contribution in [0.3, 0.4) is 0 Å². The van der Waals surface area contributed by atoms with Crippen LogP contribution in [0.25, 0.3) is 0 Å². The highest BCUT2D eigenvalue weighted by molar-refractivity contribution is 9.10. The van der Waals surface area contributed by atoms with Gasteiger partial charge in [0, 0.05) is 14.8 Å². The summed E-state index contributed by atoms with van der Waals surface area (Å²) in [5.74, 6) is 3.00. The minimum atomic E-state index is 0.0193. The van der Waals surface area contributed by atoms with Crippen LogP contribution in [0.2, 0.25) is 0 Å². The van der Waals surface area contributed by atoms with E-state index < -0.39 is 0 Å². The summed E-state index contributed by atoms with van der Waals surface area (Å²) in [5, 5.41) is 0. The zero-order chi connectivity index (χ0) is 13.2. The number of carbonyl (C=O) groups is 1. The number of Topliss-reactive ketones (excluding diaryl/α,β-unsaturated/α-hetero) is 1. The summed E-state index contributed by atoms with van der Waals surface area (Å²) < 4.78 is 1.10. The van der Waals surface area contributed by atoms with Gasteiger partial charge in [-0.15, -0.1) is 11.3 Å². The van der Waals surface area contributed by atoms with Gasteiger partial charge in [0.05, 0.1) is 4.88 Å². The summed E-state index contributed by atoms with van der Waals surface area (Å²) in [7, 11) is 0. The van der Waals surface area contributed by atoms with E-state index in [0.717, 1.165) is 27.1 Å². The highest BCUT2D eigenvalue weighted by atomic mass is 79.9. The van der Waals surface area contributed by atoms with E-state index >= 15 is 0 Å². The fourth-order valence-electron chi connectivity index (χ4n) is 5.22. The van der Waals surface area contributed by atoms with E-state index in [1.54, 1.807) is 11.3 Å². The molecule has 1 aromatic rings. The van der Waals surface area contributed by atoms with Crippen LogP contribution in [-0.4, -0.2) is 5.78 Å². The first-order chi connectivity index (χ1) is 9.06. The van der Waals surface area contributed by atoms with Crippen LogP contribution in [0, 0.1) is 30.1 Å². The van der Waals surface area contributed by atoms with E-state index in [1.807, 2.05) is 0 Å². The van der Waals surface area contributed by atoms with Crippen LogP contribution in [0.5, 0.6) is 0 Å². The molecule has 4 aliphatic carbocycles. The van der Waals surface area contributed by atoms with Gasteiger partial charge in [0.1, 0.15) is 0 Å². The molecule has 102 valence electrons. The lowest BCUT2D eigenvalue weighted by molar-refractivity contribution is -0.0350. The van der Waals surface area contributed by atoms with Gasteiger partial charge in [-0.05, 0) is 85.2 Å². The Bertz CT molecular complexity index is 490. The molecule has 0 amide bonds. The molecule has 1 aromatic heterocycles. The number of halogens is 1. The number of hydrogen-bond acceptors (Lipinski definition) is 2. The SMILES string of the molecule is Cc1sc(C(=O)C23CC4CC(CC(C4)C2)C3)cc1Br. The first kappa shape index (κ1) is 12.6. The molecule has 1 nitrogen and oxygen atoms in total. The highest BCUT2D eigenvalue weighted by Gasteiger charge is 2.54. The number of aryl methyl sites for hydroxylation is 1. The number of hydrogen-bond donors (Lipinski definition) is 0.